The number of benzene rings is 1. The van der Waals surface area contributed by atoms with E-state index in [1.165, 1.54) is 0 Å². The van der Waals surface area contributed by atoms with E-state index in [1.807, 2.05) is 31.2 Å². The van der Waals surface area contributed by atoms with E-state index in [-0.39, 0.29) is 5.91 Å². The number of aromatic amines is 1. The second-order valence-corrected chi connectivity index (χ2v) is 4.71. The van der Waals surface area contributed by atoms with Crippen molar-refractivity contribution in [2.75, 3.05) is 11.9 Å². The van der Waals surface area contributed by atoms with Crippen LogP contribution < -0.4 is 10.6 Å². The van der Waals surface area contributed by atoms with Crippen molar-refractivity contribution in [2.24, 2.45) is 0 Å². The summed E-state index contributed by atoms with van der Waals surface area (Å²) in [6.45, 7) is 5.47. The smallest absolute Gasteiger partial charge is 0.251 e. The summed E-state index contributed by atoms with van der Waals surface area (Å²) in [5.74, 6) is -0.0763. The molecule has 2 rings (SSSR count). The van der Waals surface area contributed by atoms with Crippen LogP contribution in [0.2, 0.25) is 0 Å². The fourth-order valence-electron chi connectivity index (χ4n) is 1.84. The van der Waals surface area contributed by atoms with Crippen LogP contribution in [0, 0.1) is 6.92 Å². The third-order valence-corrected chi connectivity index (χ3v) is 3.10. The monoisotopic (exact) mass is 272 g/mol. The lowest BCUT2D eigenvalue weighted by atomic mass is 10.2. The Morgan fingerprint density at radius 2 is 2.05 bits per heavy atom. The maximum atomic E-state index is 12.0. The van der Waals surface area contributed by atoms with Crippen molar-refractivity contribution in [2.45, 2.75) is 26.8 Å². The molecule has 0 spiro atoms. The first-order valence-electron chi connectivity index (χ1n) is 6.81. The van der Waals surface area contributed by atoms with Gasteiger partial charge in [0.2, 0.25) is 0 Å². The second-order valence-electron chi connectivity index (χ2n) is 4.71. The molecule has 2 aromatic rings. The van der Waals surface area contributed by atoms with Crippen molar-refractivity contribution in [3.8, 4) is 0 Å². The highest BCUT2D eigenvalue weighted by Crippen LogP contribution is 2.10. The number of nitrogens with one attached hydrogen (secondary N) is 3. The van der Waals surface area contributed by atoms with Crippen molar-refractivity contribution in [3.05, 3.63) is 47.3 Å². The minimum absolute atomic E-state index is 0.0763. The quantitative estimate of drug-likeness (QED) is 0.756. The summed E-state index contributed by atoms with van der Waals surface area (Å²) in [7, 11) is 0. The molecule has 20 heavy (non-hydrogen) atoms. The van der Waals surface area contributed by atoms with Gasteiger partial charge in [-0.25, -0.2) is 0 Å². The van der Waals surface area contributed by atoms with E-state index in [1.54, 1.807) is 6.20 Å². The van der Waals surface area contributed by atoms with Gasteiger partial charge in [-0.3, -0.25) is 9.89 Å². The Balaban J connectivity index is 1.90. The summed E-state index contributed by atoms with van der Waals surface area (Å²) >= 11 is 0. The largest absolute Gasteiger partial charge is 0.385 e. The molecule has 0 fully saturated rings. The number of amides is 1. The maximum absolute atomic E-state index is 12.0. The molecule has 5 nitrogen and oxygen atoms in total. The zero-order valence-corrected chi connectivity index (χ0v) is 11.9. The number of carbonyl (C=O) groups is 1. The van der Waals surface area contributed by atoms with Gasteiger partial charge in [-0.15, -0.1) is 0 Å². The molecule has 1 aromatic heterocycles. The number of hydrogen-bond acceptors (Lipinski definition) is 3. The van der Waals surface area contributed by atoms with Crippen molar-refractivity contribution in [1.82, 2.24) is 15.5 Å². The highest BCUT2D eigenvalue weighted by molar-refractivity contribution is 5.94. The molecule has 1 heterocycles. The molecule has 106 valence electrons. The summed E-state index contributed by atoms with van der Waals surface area (Å²) in [6.07, 6.45) is 2.81. The molecule has 0 unspecified atom stereocenters. The van der Waals surface area contributed by atoms with E-state index >= 15 is 0 Å². The Morgan fingerprint density at radius 3 is 2.65 bits per heavy atom. The molecular formula is C15H20N4O. The topological polar surface area (TPSA) is 69.8 Å². The number of carbonyl (C=O) groups excluding carboxylic acids is 1. The highest BCUT2D eigenvalue weighted by atomic mass is 16.1. The number of aromatic nitrogens is 2. The van der Waals surface area contributed by atoms with Crippen LogP contribution in [0.15, 0.2) is 30.5 Å². The van der Waals surface area contributed by atoms with Gasteiger partial charge in [-0.1, -0.05) is 6.92 Å². The van der Waals surface area contributed by atoms with Crippen LogP contribution in [-0.2, 0) is 6.54 Å². The number of rotatable bonds is 6. The van der Waals surface area contributed by atoms with Crippen LogP contribution in [0.5, 0.6) is 0 Å². The fourth-order valence-corrected chi connectivity index (χ4v) is 1.84. The van der Waals surface area contributed by atoms with Gasteiger partial charge < -0.3 is 10.6 Å². The maximum Gasteiger partial charge on any atom is 0.251 e. The van der Waals surface area contributed by atoms with Gasteiger partial charge in [0.25, 0.3) is 5.91 Å². The van der Waals surface area contributed by atoms with E-state index in [9.17, 15) is 4.79 Å². The molecule has 3 N–H and O–H groups in total. The first-order valence-corrected chi connectivity index (χ1v) is 6.81. The van der Waals surface area contributed by atoms with Gasteiger partial charge in [0.1, 0.15) is 0 Å². The third kappa shape index (κ3) is 3.60. The Bertz CT molecular complexity index is 560. The molecule has 0 saturated heterocycles. The molecule has 0 atom stereocenters. The fraction of sp³-hybridized carbons (Fsp3) is 0.333. The van der Waals surface area contributed by atoms with Crippen molar-refractivity contribution in [1.29, 1.82) is 0 Å². The average Bonchev–Trinajstić information content (AvgIpc) is 2.88. The van der Waals surface area contributed by atoms with Gasteiger partial charge >= 0.3 is 0 Å². The van der Waals surface area contributed by atoms with Gasteiger partial charge in [0.05, 0.1) is 6.20 Å². The molecule has 0 radical (unpaired) electrons. The predicted octanol–water partition coefficient (Wildman–Crippen LogP) is 2.47. The van der Waals surface area contributed by atoms with Gasteiger partial charge in [-0.2, -0.15) is 5.10 Å². The van der Waals surface area contributed by atoms with Crippen molar-refractivity contribution in [3.63, 3.8) is 0 Å². The van der Waals surface area contributed by atoms with E-state index in [2.05, 4.69) is 27.8 Å². The van der Waals surface area contributed by atoms with E-state index in [4.69, 9.17) is 0 Å². The second kappa shape index (κ2) is 6.75. The number of nitrogens with zero attached hydrogens (tertiary/aromatic N) is 1. The summed E-state index contributed by atoms with van der Waals surface area (Å²) in [5.41, 5.74) is 3.67. The average molecular weight is 272 g/mol. The molecule has 1 aromatic carbocycles. The lowest BCUT2D eigenvalue weighted by Gasteiger charge is -2.07. The van der Waals surface area contributed by atoms with Gasteiger partial charge in [0, 0.05) is 35.6 Å². The third-order valence-electron chi connectivity index (χ3n) is 3.10. The number of aryl methyl sites for hydroxylation is 1. The summed E-state index contributed by atoms with van der Waals surface area (Å²) in [5, 5.41) is 12.9. The molecular weight excluding hydrogens is 252 g/mol. The Kier molecular flexibility index (Phi) is 4.76. The van der Waals surface area contributed by atoms with Crippen LogP contribution >= 0.6 is 0 Å². The first-order chi connectivity index (χ1) is 9.70. The van der Waals surface area contributed by atoms with Crippen LogP contribution in [0.25, 0.3) is 0 Å². The molecule has 0 aliphatic rings. The van der Waals surface area contributed by atoms with Crippen LogP contribution in [0.4, 0.5) is 5.69 Å². The lowest BCUT2D eigenvalue weighted by molar-refractivity contribution is 0.0951. The number of anilines is 1. The Morgan fingerprint density at radius 1 is 1.30 bits per heavy atom. The van der Waals surface area contributed by atoms with Crippen LogP contribution in [0.1, 0.15) is 35.0 Å². The lowest BCUT2D eigenvalue weighted by Crippen LogP contribution is -2.22. The van der Waals surface area contributed by atoms with E-state index in [0.29, 0.717) is 12.1 Å². The molecule has 0 aliphatic heterocycles. The van der Waals surface area contributed by atoms with Crippen LogP contribution in [0.3, 0.4) is 0 Å². The standard InChI is InChI=1S/C15H20N4O/c1-3-8-16-14-6-4-12(5-7-14)15(20)17-9-13-10-18-19-11(13)2/h4-7,10,16H,3,8-9H2,1-2H3,(H,17,20)(H,18,19). The van der Waals surface area contributed by atoms with E-state index in [0.717, 1.165) is 29.9 Å². The van der Waals surface area contributed by atoms with Crippen molar-refractivity contribution >= 4 is 11.6 Å². The zero-order chi connectivity index (χ0) is 14.4. The van der Waals surface area contributed by atoms with Crippen LogP contribution in [-0.4, -0.2) is 22.6 Å². The first kappa shape index (κ1) is 14.1. The zero-order valence-electron chi connectivity index (χ0n) is 11.9. The van der Waals surface area contributed by atoms with Gasteiger partial charge in [-0.05, 0) is 37.6 Å². The summed E-state index contributed by atoms with van der Waals surface area (Å²) < 4.78 is 0. The molecule has 1 amide bonds. The molecule has 0 aliphatic carbocycles. The normalized spacial score (nSPS) is 10.3. The minimum atomic E-state index is -0.0763. The predicted molar refractivity (Wildman–Crippen MR) is 79.7 cm³/mol. The molecule has 0 bridgehead atoms. The van der Waals surface area contributed by atoms with Crippen molar-refractivity contribution < 1.29 is 4.79 Å². The summed E-state index contributed by atoms with van der Waals surface area (Å²) in [6, 6.07) is 7.51. The highest BCUT2D eigenvalue weighted by Gasteiger charge is 2.06. The van der Waals surface area contributed by atoms with E-state index < -0.39 is 0 Å². The SMILES string of the molecule is CCCNc1ccc(C(=O)NCc2cn[nH]c2C)cc1. The number of hydrogen-bond donors (Lipinski definition) is 3. The molecule has 0 saturated carbocycles. The summed E-state index contributed by atoms with van der Waals surface area (Å²) in [4.78, 5) is 12.0. The van der Waals surface area contributed by atoms with Gasteiger partial charge in [0.15, 0.2) is 0 Å². The Labute approximate surface area is 118 Å². The minimum Gasteiger partial charge on any atom is -0.385 e. The number of H-pyrrole nitrogens is 1. The Hall–Kier alpha value is -2.30. The molecule has 5 heteroatoms.